The molecular weight excluding hydrogens is 706 g/mol. The van der Waals surface area contributed by atoms with Crippen LogP contribution in [0.25, 0.3) is 0 Å². The molecule has 0 aliphatic carbocycles. The lowest BCUT2D eigenvalue weighted by Gasteiger charge is -2.29. The highest BCUT2D eigenvalue weighted by atomic mass is 16.4. The molecule has 5 atom stereocenters. The van der Waals surface area contributed by atoms with Gasteiger partial charge in [0.25, 0.3) is 5.91 Å². The zero-order chi connectivity index (χ0) is 40.5. The van der Waals surface area contributed by atoms with E-state index in [-0.39, 0.29) is 54.9 Å². The average Bonchev–Trinajstić information content (AvgIpc) is 3.15. The van der Waals surface area contributed by atoms with Crippen molar-refractivity contribution in [2.45, 2.75) is 90.5 Å². The number of aromatic hydroxyl groups is 1. The molecule has 0 spiro atoms. The van der Waals surface area contributed by atoms with Crippen LogP contribution in [0.2, 0.25) is 0 Å². The third kappa shape index (κ3) is 14.9. The number of carboxylic acid groups (broad SMARTS) is 1. The van der Waals surface area contributed by atoms with Gasteiger partial charge in [-0.15, -0.1) is 0 Å². The summed E-state index contributed by atoms with van der Waals surface area (Å²) in [6.45, 7) is 11.4. The lowest BCUT2D eigenvalue weighted by molar-refractivity contribution is -0.142. The van der Waals surface area contributed by atoms with E-state index in [0.717, 1.165) is 31.7 Å². The van der Waals surface area contributed by atoms with Gasteiger partial charge in [-0.2, -0.15) is 0 Å². The number of aliphatic imine (C=N–C) groups is 1. The molecule has 0 aromatic heterocycles. The quantitative estimate of drug-likeness (QED) is 0.0489. The molecule has 16 heteroatoms. The van der Waals surface area contributed by atoms with Gasteiger partial charge in [0.2, 0.25) is 17.7 Å². The van der Waals surface area contributed by atoms with Crippen LogP contribution < -0.4 is 38.1 Å². The van der Waals surface area contributed by atoms with Gasteiger partial charge in [-0.25, -0.2) is 4.79 Å². The molecule has 1 heterocycles. The molecule has 0 saturated carbocycles. The summed E-state index contributed by atoms with van der Waals surface area (Å²) in [4.78, 5) is 73.1. The summed E-state index contributed by atoms with van der Waals surface area (Å²) < 4.78 is 0. The number of hydrogen-bond acceptors (Lipinski definition) is 9. The van der Waals surface area contributed by atoms with E-state index < -0.39 is 53.8 Å². The number of benzene rings is 2. The SMILES string of the molecule is CC[C@H](C)[C@H](NC(=O)[C@H](CC(C)C)NC(=O)[C@H](CCCN=C(N)N)NC(=O)c1ccc(CN2CCNCC2)c(O)c1)C(=O)N[C@@H](Cc1ccccc1)C(=O)O. The van der Waals surface area contributed by atoms with Crippen molar-refractivity contribution in [3.63, 3.8) is 0 Å². The van der Waals surface area contributed by atoms with Crippen molar-refractivity contribution in [2.24, 2.45) is 28.3 Å². The molecule has 1 fully saturated rings. The fourth-order valence-corrected chi connectivity index (χ4v) is 6.21. The highest BCUT2D eigenvalue weighted by Gasteiger charge is 2.34. The van der Waals surface area contributed by atoms with Gasteiger partial charge < -0.3 is 48.3 Å². The van der Waals surface area contributed by atoms with Crippen molar-refractivity contribution < 1.29 is 34.2 Å². The number of phenols is 1. The molecule has 1 aliphatic rings. The first-order valence-corrected chi connectivity index (χ1v) is 19.0. The van der Waals surface area contributed by atoms with Crippen LogP contribution in [0.15, 0.2) is 53.5 Å². The summed E-state index contributed by atoms with van der Waals surface area (Å²) >= 11 is 0. The molecule has 3 rings (SSSR count). The first-order chi connectivity index (χ1) is 26.2. The Labute approximate surface area is 323 Å². The summed E-state index contributed by atoms with van der Waals surface area (Å²) in [5.41, 5.74) is 12.5. The molecule has 1 aliphatic heterocycles. The topological polar surface area (TPSA) is 254 Å². The summed E-state index contributed by atoms with van der Waals surface area (Å²) in [7, 11) is 0. The Morgan fingerprint density at radius 3 is 2.13 bits per heavy atom. The van der Waals surface area contributed by atoms with Crippen molar-refractivity contribution in [3.8, 4) is 5.75 Å². The number of carbonyl (C=O) groups is 5. The van der Waals surface area contributed by atoms with Crippen LogP contribution in [-0.4, -0.2) is 108 Å². The van der Waals surface area contributed by atoms with Gasteiger partial charge in [-0.1, -0.05) is 70.5 Å². The Bertz CT molecular complexity index is 1610. The number of carboxylic acids is 1. The molecule has 0 bridgehead atoms. The first kappa shape index (κ1) is 44.2. The van der Waals surface area contributed by atoms with Crippen molar-refractivity contribution >= 4 is 35.6 Å². The van der Waals surface area contributed by atoms with Crippen molar-refractivity contribution in [3.05, 3.63) is 65.2 Å². The second-order valence-corrected chi connectivity index (χ2v) is 14.5. The Morgan fingerprint density at radius 2 is 1.53 bits per heavy atom. The number of hydrogen-bond donors (Lipinski definition) is 9. The third-order valence-corrected chi connectivity index (χ3v) is 9.55. The van der Waals surface area contributed by atoms with E-state index in [1.54, 1.807) is 49.4 Å². The molecule has 55 heavy (non-hydrogen) atoms. The van der Waals surface area contributed by atoms with Crippen LogP contribution in [0.3, 0.4) is 0 Å². The minimum Gasteiger partial charge on any atom is -0.508 e. The second kappa shape index (κ2) is 22.2. The van der Waals surface area contributed by atoms with Crippen LogP contribution in [-0.2, 0) is 32.1 Å². The Kier molecular flexibility index (Phi) is 17.9. The van der Waals surface area contributed by atoms with Crippen LogP contribution in [0.4, 0.5) is 0 Å². The van der Waals surface area contributed by atoms with Gasteiger partial charge >= 0.3 is 5.97 Å². The second-order valence-electron chi connectivity index (χ2n) is 14.5. The number of piperazine rings is 1. The number of rotatable bonds is 21. The van der Waals surface area contributed by atoms with E-state index in [2.05, 4.69) is 36.5 Å². The summed E-state index contributed by atoms with van der Waals surface area (Å²) in [5.74, 6) is -4.36. The number of phenolic OH excluding ortho intramolecular Hbond substituents is 1. The van der Waals surface area contributed by atoms with Gasteiger partial charge in [0.05, 0.1) is 0 Å². The zero-order valence-electron chi connectivity index (χ0n) is 32.3. The minimum atomic E-state index is -1.24. The van der Waals surface area contributed by atoms with E-state index >= 15 is 0 Å². The Balaban J connectivity index is 1.78. The summed E-state index contributed by atoms with van der Waals surface area (Å²) in [6.07, 6.45) is 1.18. The van der Waals surface area contributed by atoms with Gasteiger partial charge in [0.1, 0.15) is 29.9 Å². The maximum Gasteiger partial charge on any atom is 0.326 e. The van der Waals surface area contributed by atoms with Crippen LogP contribution in [0.1, 0.15) is 74.9 Å². The predicted molar refractivity (Wildman–Crippen MR) is 210 cm³/mol. The van der Waals surface area contributed by atoms with E-state index in [0.29, 0.717) is 24.9 Å². The van der Waals surface area contributed by atoms with E-state index in [9.17, 15) is 34.2 Å². The molecular formula is C39H59N9O7. The molecule has 16 nitrogen and oxygen atoms in total. The monoisotopic (exact) mass is 765 g/mol. The van der Waals surface area contributed by atoms with Crippen LogP contribution in [0, 0.1) is 11.8 Å². The van der Waals surface area contributed by atoms with Crippen LogP contribution >= 0.6 is 0 Å². The molecule has 4 amide bonds. The molecule has 2 aromatic carbocycles. The third-order valence-electron chi connectivity index (χ3n) is 9.55. The van der Waals surface area contributed by atoms with Gasteiger partial charge in [0, 0.05) is 56.8 Å². The standard InChI is InChI=1S/C39H59N9O7/c1-5-25(4)33(37(53)46-31(38(54)55)21-26-10-7-6-8-11-26)47-36(52)30(20-24(2)3)45-35(51)29(12-9-15-43-39(40)41)44-34(50)27-13-14-28(32(49)22-27)23-48-18-16-42-17-19-48/h6-8,10-11,13-14,22,24-25,29-31,33,42,49H,5,9,12,15-21,23H2,1-4H3,(H,44,50)(H,45,51)(H,46,53)(H,47,52)(H,54,55)(H4,40,41,43)/t25-,29-,30-,31-,33-/m0/s1. The molecule has 302 valence electrons. The van der Waals surface area contributed by atoms with Crippen molar-refractivity contribution in [1.82, 2.24) is 31.5 Å². The smallest absolute Gasteiger partial charge is 0.326 e. The number of nitrogens with one attached hydrogen (secondary N) is 5. The van der Waals surface area contributed by atoms with E-state index in [1.165, 1.54) is 6.07 Å². The molecule has 0 unspecified atom stereocenters. The Morgan fingerprint density at radius 1 is 0.873 bits per heavy atom. The minimum absolute atomic E-state index is 0.0387. The number of guanidine groups is 1. The number of amides is 4. The van der Waals surface area contributed by atoms with Crippen LogP contribution in [0.5, 0.6) is 5.75 Å². The normalized spacial score (nSPS) is 15.8. The predicted octanol–water partition coefficient (Wildman–Crippen LogP) is 0.823. The van der Waals surface area contributed by atoms with E-state index in [4.69, 9.17) is 11.5 Å². The number of carbonyl (C=O) groups excluding carboxylic acids is 4. The fourth-order valence-electron chi connectivity index (χ4n) is 6.21. The highest BCUT2D eigenvalue weighted by Crippen LogP contribution is 2.21. The summed E-state index contributed by atoms with van der Waals surface area (Å²) in [6, 6.07) is 8.98. The number of aliphatic carboxylic acids is 1. The number of nitrogens with two attached hydrogens (primary N) is 2. The molecule has 0 radical (unpaired) electrons. The zero-order valence-corrected chi connectivity index (χ0v) is 32.3. The van der Waals surface area contributed by atoms with Gasteiger partial charge in [-0.3, -0.25) is 29.1 Å². The van der Waals surface area contributed by atoms with Gasteiger partial charge in [0.15, 0.2) is 5.96 Å². The molecule has 2 aromatic rings. The largest absolute Gasteiger partial charge is 0.508 e. The van der Waals surface area contributed by atoms with Crippen molar-refractivity contribution in [1.29, 1.82) is 0 Å². The maximum absolute atomic E-state index is 13.9. The van der Waals surface area contributed by atoms with E-state index in [1.807, 2.05) is 20.8 Å². The highest BCUT2D eigenvalue weighted by molar-refractivity contribution is 5.99. The Hall–Kier alpha value is -5.22. The molecule has 1 saturated heterocycles. The molecule has 11 N–H and O–H groups in total. The maximum atomic E-state index is 13.9. The lowest BCUT2D eigenvalue weighted by Crippen LogP contribution is -2.59. The summed E-state index contributed by atoms with van der Waals surface area (Å²) in [5, 5.41) is 34.8. The fraction of sp³-hybridized carbons (Fsp3) is 0.538. The first-order valence-electron chi connectivity index (χ1n) is 19.0. The number of nitrogens with zero attached hydrogens (tertiary/aromatic N) is 2. The lowest BCUT2D eigenvalue weighted by atomic mass is 9.96. The van der Waals surface area contributed by atoms with Gasteiger partial charge in [-0.05, 0) is 48.8 Å². The van der Waals surface area contributed by atoms with Crippen molar-refractivity contribution in [2.75, 3.05) is 32.7 Å². The average molecular weight is 766 g/mol.